The highest BCUT2D eigenvalue weighted by atomic mass is 16.5. The highest BCUT2D eigenvalue weighted by molar-refractivity contribution is 5.56. The topological polar surface area (TPSA) is 113 Å². The maximum absolute atomic E-state index is 9.21. The van der Waals surface area contributed by atoms with Gasteiger partial charge < -0.3 is 19.7 Å². The molecule has 0 aromatic carbocycles. The van der Waals surface area contributed by atoms with Crippen LogP contribution in [-0.2, 0) is 13.1 Å². The largest absolute Gasteiger partial charge is 0.363 e. The summed E-state index contributed by atoms with van der Waals surface area (Å²) >= 11 is 0. The molecule has 0 aliphatic heterocycles. The van der Waals surface area contributed by atoms with Gasteiger partial charge in [0.1, 0.15) is 17.7 Å². The normalized spacial score (nSPS) is 10.4. The van der Waals surface area contributed by atoms with E-state index in [1.807, 2.05) is 26.0 Å². The Kier molecular flexibility index (Phi) is 4.43. The molecule has 8 nitrogen and oxygen atoms in total. The fourth-order valence-electron chi connectivity index (χ4n) is 2.13. The zero-order valence-corrected chi connectivity index (χ0v) is 13.3. The van der Waals surface area contributed by atoms with Crippen molar-refractivity contribution in [2.24, 2.45) is 0 Å². The van der Waals surface area contributed by atoms with E-state index in [0.29, 0.717) is 41.8 Å². The van der Waals surface area contributed by atoms with Gasteiger partial charge in [-0.15, -0.1) is 0 Å². The number of nitrogens with one attached hydrogen (secondary N) is 2. The molecular formula is C16H16N6O2. The maximum atomic E-state index is 9.21. The van der Waals surface area contributed by atoms with Crippen LogP contribution in [0.25, 0.3) is 0 Å². The predicted molar refractivity (Wildman–Crippen MR) is 86.1 cm³/mol. The van der Waals surface area contributed by atoms with Crippen molar-refractivity contribution in [3.63, 3.8) is 0 Å². The van der Waals surface area contributed by atoms with E-state index in [9.17, 15) is 5.26 Å². The van der Waals surface area contributed by atoms with E-state index in [1.165, 1.54) is 0 Å². The smallest absolute Gasteiger partial charge is 0.156 e. The highest BCUT2D eigenvalue weighted by Gasteiger charge is 2.08. The van der Waals surface area contributed by atoms with Gasteiger partial charge >= 0.3 is 0 Å². The molecule has 0 saturated carbocycles. The number of aryl methyl sites for hydroxylation is 2. The quantitative estimate of drug-likeness (QED) is 0.711. The Labute approximate surface area is 138 Å². The number of nitrogens with zero attached hydrogens (tertiary/aromatic N) is 4. The van der Waals surface area contributed by atoms with E-state index in [2.05, 4.69) is 32.0 Å². The zero-order valence-electron chi connectivity index (χ0n) is 13.3. The van der Waals surface area contributed by atoms with Gasteiger partial charge in [-0.3, -0.25) is 0 Å². The van der Waals surface area contributed by atoms with E-state index >= 15 is 0 Å². The molecule has 0 atom stereocenters. The van der Waals surface area contributed by atoms with E-state index in [4.69, 9.17) is 9.05 Å². The maximum Gasteiger partial charge on any atom is 0.156 e. The fourth-order valence-corrected chi connectivity index (χ4v) is 2.13. The van der Waals surface area contributed by atoms with Gasteiger partial charge in [0, 0.05) is 12.1 Å². The van der Waals surface area contributed by atoms with Crippen molar-refractivity contribution >= 4 is 11.6 Å². The van der Waals surface area contributed by atoms with Crippen LogP contribution in [0.5, 0.6) is 0 Å². The van der Waals surface area contributed by atoms with Crippen LogP contribution in [0, 0.1) is 25.2 Å². The van der Waals surface area contributed by atoms with E-state index in [1.54, 1.807) is 12.1 Å². The summed E-state index contributed by atoms with van der Waals surface area (Å²) in [6, 6.07) is 9.23. The summed E-state index contributed by atoms with van der Waals surface area (Å²) in [5.41, 5.74) is 2.08. The van der Waals surface area contributed by atoms with Gasteiger partial charge in [-0.2, -0.15) is 5.26 Å². The molecule has 0 amide bonds. The fraction of sp³-hybridized carbons (Fsp3) is 0.250. The molecule has 3 rings (SSSR count). The molecular weight excluding hydrogens is 308 g/mol. The first-order valence-electron chi connectivity index (χ1n) is 7.37. The van der Waals surface area contributed by atoms with Gasteiger partial charge in [0.25, 0.3) is 0 Å². The van der Waals surface area contributed by atoms with Crippen molar-refractivity contribution in [1.29, 1.82) is 5.26 Å². The van der Waals surface area contributed by atoms with Crippen LogP contribution in [0.4, 0.5) is 11.6 Å². The monoisotopic (exact) mass is 324 g/mol. The molecule has 3 heterocycles. The molecule has 0 bridgehead atoms. The lowest BCUT2D eigenvalue weighted by Crippen LogP contribution is -2.06. The Bertz CT molecular complexity index is 877. The summed E-state index contributed by atoms with van der Waals surface area (Å²) in [7, 11) is 0. The second-order valence-corrected chi connectivity index (χ2v) is 5.28. The number of hydrogen-bond donors (Lipinski definition) is 2. The molecule has 0 fully saturated rings. The van der Waals surface area contributed by atoms with E-state index < -0.39 is 0 Å². The lowest BCUT2D eigenvalue weighted by atomic mass is 10.2. The van der Waals surface area contributed by atoms with Crippen LogP contribution in [0.15, 0.2) is 33.3 Å². The Morgan fingerprint density at radius 2 is 1.62 bits per heavy atom. The van der Waals surface area contributed by atoms with Crippen LogP contribution in [0.3, 0.4) is 0 Å². The minimum atomic E-state index is 0.396. The number of anilines is 2. The molecule has 0 spiro atoms. The molecule has 3 aromatic rings. The second kappa shape index (κ2) is 6.83. The van der Waals surface area contributed by atoms with Gasteiger partial charge in [0.15, 0.2) is 11.5 Å². The predicted octanol–water partition coefficient (Wildman–Crippen LogP) is 2.77. The van der Waals surface area contributed by atoms with Gasteiger partial charge in [-0.05, 0) is 26.0 Å². The van der Waals surface area contributed by atoms with Crippen LogP contribution in [0.2, 0.25) is 0 Å². The summed E-state index contributed by atoms with van der Waals surface area (Å²) in [6.07, 6.45) is 0. The first-order valence-corrected chi connectivity index (χ1v) is 7.37. The number of nitriles is 1. The molecule has 0 radical (unpaired) electrons. The number of rotatable bonds is 6. The van der Waals surface area contributed by atoms with Gasteiger partial charge in [0.2, 0.25) is 0 Å². The molecule has 2 N–H and O–H groups in total. The van der Waals surface area contributed by atoms with Crippen LogP contribution < -0.4 is 10.6 Å². The summed E-state index contributed by atoms with van der Waals surface area (Å²) in [6.45, 7) is 4.57. The average molecular weight is 324 g/mol. The summed E-state index contributed by atoms with van der Waals surface area (Å²) in [4.78, 5) is 4.42. The molecule has 3 aromatic heterocycles. The number of hydrogen-bond acceptors (Lipinski definition) is 8. The van der Waals surface area contributed by atoms with E-state index in [0.717, 1.165) is 11.4 Å². The number of aromatic nitrogens is 3. The Balaban J connectivity index is 1.69. The summed E-state index contributed by atoms with van der Waals surface area (Å²) < 4.78 is 10.3. The Morgan fingerprint density at radius 1 is 1.00 bits per heavy atom. The number of pyridine rings is 1. The molecule has 8 heteroatoms. The molecule has 122 valence electrons. The van der Waals surface area contributed by atoms with Crippen LogP contribution in [0.1, 0.15) is 28.5 Å². The van der Waals surface area contributed by atoms with Crippen LogP contribution >= 0.6 is 0 Å². The minimum Gasteiger partial charge on any atom is -0.363 e. The van der Waals surface area contributed by atoms with Crippen molar-refractivity contribution in [3.05, 3.63) is 52.7 Å². The average Bonchev–Trinajstić information content (AvgIpc) is 3.19. The highest BCUT2D eigenvalue weighted by Crippen LogP contribution is 2.17. The third kappa shape index (κ3) is 3.70. The Morgan fingerprint density at radius 3 is 2.17 bits per heavy atom. The van der Waals surface area contributed by atoms with Crippen molar-refractivity contribution in [1.82, 2.24) is 15.3 Å². The Hall–Kier alpha value is -3.34. The molecule has 0 aliphatic rings. The molecule has 0 aliphatic carbocycles. The standard InChI is InChI=1S/C16H16N6O2/c1-10-5-13(23-21-10)8-18-15-4-3-12(7-17)16(20-15)19-9-14-6-11(2)22-24-14/h3-6H,8-9H2,1-2H3,(H2,18,19,20). The molecule has 0 unspecified atom stereocenters. The van der Waals surface area contributed by atoms with Crippen molar-refractivity contribution in [3.8, 4) is 6.07 Å². The minimum absolute atomic E-state index is 0.396. The molecule has 24 heavy (non-hydrogen) atoms. The summed E-state index contributed by atoms with van der Waals surface area (Å²) in [5.74, 6) is 2.49. The molecule has 0 saturated heterocycles. The first-order chi connectivity index (χ1) is 11.6. The lowest BCUT2D eigenvalue weighted by Gasteiger charge is -2.09. The summed E-state index contributed by atoms with van der Waals surface area (Å²) in [5, 5.41) is 23.1. The third-order valence-corrected chi connectivity index (χ3v) is 3.24. The van der Waals surface area contributed by atoms with Crippen molar-refractivity contribution < 1.29 is 9.05 Å². The SMILES string of the molecule is Cc1cc(CNc2ccc(C#N)c(NCc3cc(C)no3)n2)on1. The lowest BCUT2D eigenvalue weighted by molar-refractivity contribution is 0.384. The first kappa shape index (κ1) is 15.6. The van der Waals surface area contributed by atoms with E-state index in [-0.39, 0.29) is 0 Å². The van der Waals surface area contributed by atoms with Gasteiger partial charge in [0.05, 0.1) is 30.0 Å². The zero-order chi connectivity index (χ0) is 16.9. The third-order valence-electron chi connectivity index (χ3n) is 3.24. The van der Waals surface area contributed by atoms with Crippen molar-refractivity contribution in [2.45, 2.75) is 26.9 Å². The van der Waals surface area contributed by atoms with Crippen molar-refractivity contribution in [2.75, 3.05) is 10.6 Å². The van der Waals surface area contributed by atoms with Gasteiger partial charge in [-0.25, -0.2) is 4.98 Å². The van der Waals surface area contributed by atoms with Crippen LogP contribution in [-0.4, -0.2) is 15.3 Å². The second-order valence-electron chi connectivity index (χ2n) is 5.28. The van der Waals surface area contributed by atoms with Gasteiger partial charge in [-0.1, -0.05) is 10.3 Å².